The third-order valence-corrected chi connectivity index (χ3v) is 13.5. The van der Waals surface area contributed by atoms with Crippen LogP contribution < -0.4 is 10.1 Å². The highest BCUT2D eigenvalue weighted by Gasteiger charge is 2.51. The second kappa shape index (κ2) is 19.7. The van der Waals surface area contributed by atoms with Crippen LogP contribution in [0.25, 0.3) is 11.1 Å². The number of nitrogens with one attached hydrogen (secondary N) is 1. The number of esters is 1. The fraction of sp³-hybridized carbons (Fsp3) is 0.346. The molecule has 2 fully saturated rings. The van der Waals surface area contributed by atoms with Crippen LogP contribution in [0.1, 0.15) is 102 Å². The van der Waals surface area contributed by atoms with E-state index in [2.05, 4.69) is 5.32 Å². The van der Waals surface area contributed by atoms with E-state index in [4.69, 9.17) is 28.4 Å². The van der Waals surface area contributed by atoms with Gasteiger partial charge in [-0.2, -0.15) is 0 Å². The Hall–Kier alpha value is -6.82. The van der Waals surface area contributed by atoms with E-state index in [0.29, 0.717) is 11.1 Å². The van der Waals surface area contributed by atoms with Crippen LogP contribution in [0.5, 0.6) is 23.0 Å². The summed E-state index contributed by atoms with van der Waals surface area (Å²) in [5, 5.41) is 104. The first kappa shape index (κ1) is 50.1. The Bertz CT molecular complexity index is 2910. The number of rotatable bonds is 11. The number of amides is 1. The number of ether oxygens (including phenoxy) is 6. The molecule has 12 atom stereocenters. The molecule has 9 rings (SSSR count). The molecule has 378 valence electrons. The van der Waals surface area contributed by atoms with E-state index >= 15 is 0 Å². The quantitative estimate of drug-likeness (QED) is 0.0834. The molecule has 72 heavy (non-hydrogen) atoms. The topological polar surface area (TPSA) is 318 Å². The number of hydrogen-bond acceptors (Lipinski definition) is 19. The summed E-state index contributed by atoms with van der Waals surface area (Å²) in [4.78, 5) is 56.7. The fourth-order valence-corrected chi connectivity index (χ4v) is 9.68. The molecule has 2 heterocycles. The molecule has 0 saturated carbocycles. The first-order valence-corrected chi connectivity index (χ1v) is 22.9. The number of benzene rings is 5. The van der Waals surface area contributed by atoms with E-state index in [1.165, 1.54) is 40.0 Å². The first-order valence-electron chi connectivity index (χ1n) is 22.9. The maximum atomic E-state index is 14.4. The van der Waals surface area contributed by atoms with Crippen molar-refractivity contribution in [2.75, 3.05) is 13.7 Å². The third-order valence-electron chi connectivity index (χ3n) is 13.5. The monoisotopic (exact) mass is 993 g/mol. The lowest BCUT2D eigenvalue weighted by molar-refractivity contribution is -0.353. The largest absolute Gasteiger partial charge is 0.507 e. The number of aliphatic hydroxyl groups excluding tert-OH is 6. The number of carbonyl (C=O) groups excluding carboxylic acids is 4. The molecule has 5 aromatic carbocycles. The molecule has 5 aromatic rings. The van der Waals surface area contributed by atoms with Gasteiger partial charge in [-0.1, -0.05) is 66.7 Å². The summed E-state index contributed by atoms with van der Waals surface area (Å²) in [6.07, 6.45) is -19.6. The van der Waals surface area contributed by atoms with Crippen molar-refractivity contribution in [3.8, 4) is 34.1 Å². The Kier molecular flexibility index (Phi) is 13.7. The minimum Gasteiger partial charge on any atom is -0.507 e. The normalized spacial score (nSPS) is 27.0. The summed E-state index contributed by atoms with van der Waals surface area (Å²) in [6.45, 7) is 3.70. The van der Waals surface area contributed by atoms with Gasteiger partial charge in [-0.15, -0.1) is 0 Å². The van der Waals surface area contributed by atoms with E-state index in [0.717, 1.165) is 12.1 Å². The van der Waals surface area contributed by atoms with Crippen LogP contribution in [0.15, 0.2) is 84.9 Å². The molecule has 2 saturated heterocycles. The molecule has 0 aromatic heterocycles. The highest BCUT2D eigenvalue weighted by molar-refractivity contribution is 6.31. The number of phenolic OH excluding ortho intramolecular Hbond substituents is 3. The van der Waals surface area contributed by atoms with Gasteiger partial charge in [0.15, 0.2) is 30.3 Å². The predicted octanol–water partition coefficient (Wildman–Crippen LogP) is 2.41. The molecule has 2 aliphatic heterocycles. The third kappa shape index (κ3) is 8.64. The molecule has 0 unspecified atom stereocenters. The highest BCUT2D eigenvalue weighted by Crippen LogP contribution is 2.57. The van der Waals surface area contributed by atoms with Crippen LogP contribution in [-0.4, -0.2) is 144 Å². The van der Waals surface area contributed by atoms with Crippen LogP contribution in [-0.2, 0) is 28.5 Å². The number of aryl methyl sites for hydroxylation is 1. The molecule has 0 spiro atoms. The van der Waals surface area contributed by atoms with Gasteiger partial charge in [0.1, 0.15) is 77.9 Å². The number of aromatic hydroxyl groups is 3. The molecule has 1 amide bonds. The lowest BCUT2D eigenvalue weighted by Crippen LogP contribution is -2.62. The number of carbonyl (C=O) groups is 4. The summed E-state index contributed by atoms with van der Waals surface area (Å²) in [6, 6.07) is 21.2. The molecule has 10 N–H and O–H groups in total. The van der Waals surface area contributed by atoms with Gasteiger partial charge in [0.05, 0.1) is 36.5 Å². The van der Waals surface area contributed by atoms with Gasteiger partial charge in [-0.3, -0.25) is 14.4 Å². The lowest BCUT2D eigenvalue weighted by atomic mass is 9.74. The Morgan fingerprint density at radius 1 is 0.708 bits per heavy atom. The summed E-state index contributed by atoms with van der Waals surface area (Å²) in [7, 11) is 1.27. The van der Waals surface area contributed by atoms with E-state index in [9.17, 15) is 65.1 Å². The summed E-state index contributed by atoms with van der Waals surface area (Å²) < 4.78 is 34.5. The summed E-state index contributed by atoms with van der Waals surface area (Å²) in [5.74, 6) is -6.12. The van der Waals surface area contributed by atoms with Crippen molar-refractivity contribution in [3.05, 3.63) is 141 Å². The Morgan fingerprint density at radius 3 is 1.96 bits per heavy atom. The molecule has 0 radical (unpaired) electrons. The number of ketones is 2. The van der Waals surface area contributed by atoms with Crippen LogP contribution in [0.2, 0.25) is 0 Å². The Labute approximate surface area is 410 Å². The SMILES string of the molecule is COc1cc(O)c2c(c1)C(=O)c1c(cc3c(c1O)-c1c(cc(C)c(C(=O)N[C@H](C)C(=O)OC(c4ccccc4)c4ccccc4)c1O)[C@H](O[C@@H]1O[C@H](C)[C@H](O)[C@H](O[C@@H]4OC[C@@H](O)[C@H](O)[C@H]4O)[C@H]1O)[C@H]3O)C2=O. The van der Waals surface area contributed by atoms with Crippen molar-refractivity contribution in [3.63, 3.8) is 0 Å². The molecular weight excluding hydrogens is 943 g/mol. The molecule has 4 aliphatic rings. The van der Waals surface area contributed by atoms with Crippen molar-refractivity contribution in [1.29, 1.82) is 0 Å². The van der Waals surface area contributed by atoms with Crippen molar-refractivity contribution >= 4 is 23.4 Å². The second-order valence-corrected chi connectivity index (χ2v) is 18.1. The van der Waals surface area contributed by atoms with Crippen LogP contribution in [0.4, 0.5) is 0 Å². The molecule has 2 aliphatic carbocycles. The van der Waals surface area contributed by atoms with Crippen molar-refractivity contribution in [2.24, 2.45) is 0 Å². The fourth-order valence-electron chi connectivity index (χ4n) is 9.68. The van der Waals surface area contributed by atoms with Crippen LogP contribution in [0, 0.1) is 6.92 Å². The zero-order valence-corrected chi connectivity index (χ0v) is 38.9. The molecular formula is C52H51NO19. The average molecular weight is 994 g/mol. The van der Waals surface area contributed by atoms with E-state index in [1.54, 1.807) is 60.7 Å². The predicted molar refractivity (Wildman–Crippen MR) is 247 cm³/mol. The molecule has 0 bridgehead atoms. The first-order chi connectivity index (χ1) is 34.3. The number of aliphatic hydroxyl groups is 6. The Balaban J connectivity index is 1.11. The van der Waals surface area contributed by atoms with Crippen LogP contribution >= 0.6 is 0 Å². The van der Waals surface area contributed by atoms with Gasteiger partial charge in [0, 0.05) is 28.3 Å². The number of methoxy groups -OCH3 is 1. The maximum Gasteiger partial charge on any atom is 0.329 e. The molecule has 20 heteroatoms. The second-order valence-electron chi connectivity index (χ2n) is 18.1. The van der Waals surface area contributed by atoms with Gasteiger partial charge in [0.2, 0.25) is 0 Å². The zero-order chi connectivity index (χ0) is 51.6. The van der Waals surface area contributed by atoms with Crippen molar-refractivity contribution < 1.29 is 93.6 Å². The van der Waals surface area contributed by atoms with Gasteiger partial charge < -0.3 is 79.7 Å². The van der Waals surface area contributed by atoms with Gasteiger partial charge in [-0.25, -0.2) is 4.79 Å². The van der Waals surface area contributed by atoms with Gasteiger partial charge in [0.25, 0.3) is 5.91 Å². The van der Waals surface area contributed by atoms with Crippen molar-refractivity contribution in [1.82, 2.24) is 5.32 Å². The van der Waals surface area contributed by atoms with Crippen molar-refractivity contribution in [2.45, 2.75) is 100 Å². The van der Waals surface area contributed by atoms with E-state index in [1.807, 2.05) is 0 Å². The average Bonchev–Trinajstić information content (AvgIpc) is 3.36. The molecule has 20 nitrogen and oxygen atoms in total. The summed E-state index contributed by atoms with van der Waals surface area (Å²) >= 11 is 0. The maximum absolute atomic E-state index is 14.4. The van der Waals surface area contributed by atoms with Gasteiger partial charge >= 0.3 is 5.97 Å². The number of hydrogen-bond donors (Lipinski definition) is 10. The number of fused-ring (bicyclic) bond motifs is 5. The van der Waals surface area contributed by atoms with E-state index in [-0.39, 0.29) is 28.0 Å². The number of phenols is 3. The Morgan fingerprint density at radius 2 is 1.32 bits per heavy atom. The van der Waals surface area contributed by atoms with Crippen LogP contribution in [0.3, 0.4) is 0 Å². The van der Waals surface area contributed by atoms with E-state index < -0.39 is 160 Å². The standard InChI is InChI=1S/C52H51NO19/c1-20-15-29-35(42(61)32(20)49(65)53-21(2)50(66)70-46(23-11-7-5-8-12-23)24-13-9-6-10-14-24)34-27(18-28-36(43(34)62)39(58)26-16-25(67-4)17-30(54)33(26)38(28)57)40(59)47(29)71-52-45(64)48(37(56)22(3)69-52)72-51-44(63)41(60)31(55)19-68-51/h5-18,21-22,31,37,40-41,44-48,51-52,54-56,59-64H,19H2,1-4H3,(H,53,65)/t21-,22-,31-,37+,40+,41+,44-,45-,47+,48+,51+,52+/m1/s1. The van der Waals surface area contributed by atoms with Gasteiger partial charge in [-0.05, 0) is 60.7 Å². The zero-order valence-electron chi connectivity index (χ0n) is 38.9. The smallest absolute Gasteiger partial charge is 0.329 e. The minimum atomic E-state index is -1.97. The lowest BCUT2D eigenvalue weighted by Gasteiger charge is -2.45. The summed E-state index contributed by atoms with van der Waals surface area (Å²) in [5.41, 5.74) is -2.22. The minimum absolute atomic E-state index is 0.00650. The highest BCUT2D eigenvalue weighted by atomic mass is 16.7.